The largest absolute Gasteiger partial charge is 0.478 e. The molecule has 0 radical (unpaired) electrons. The van der Waals surface area contributed by atoms with Crippen LogP contribution < -0.4 is 0 Å². The van der Waals surface area contributed by atoms with E-state index >= 15 is 0 Å². The molecule has 0 aliphatic carbocycles. The summed E-state index contributed by atoms with van der Waals surface area (Å²) >= 11 is 3.17. The van der Waals surface area contributed by atoms with Gasteiger partial charge in [0.1, 0.15) is 5.03 Å². The van der Waals surface area contributed by atoms with Gasteiger partial charge < -0.3 is 9.67 Å². The summed E-state index contributed by atoms with van der Waals surface area (Å²) in [5.41, 5.74) is 2.31. The molecule has 0 aliphatic rings. The number of carboxylic acids is 1. The third-order valence-corrected chi connectivity index (χ3v) is 5.56. The topological polar surface area (TPSA) is 80.9 Å². The van der Waals surface area contributed by atoms with Crippen molar-refractivity contribution in [2.75, 3.05) is 6.26 Å². The molecular formula is C18H18N4O2S2. The van der Waals surface area contributed by atoms with E-state index in [9.17, 15) is 4.79 Å². The van der Waals surface area contributed by atoms with Gasteiger partial charge in [-0.3, -0.25) is 0 Å². The second-order valence-electron chi connectivity index (χ2n) is 5.40. The number of rotatable bonds is 7. The van der Waals surface area contributed by atoms with Crippen molar-refractivity contribution in [3.63, 3.8) is 0 Å². The Kier molecular flexibility index (Phi) is 5.95. The fourth-order valence-corrected chi connectivity index (χ4v) is 4.00. The Hall–Kier alpha value is -2.32. The number of hydrogen-bond donors (Lipinski definition) is 1. The first-order valence-corrected chi connectivity index (χ1v) is 10.2. The monoisotopic (exact) mass is 386 g/mol. The van der Waals surface area contributed by atoms with Crippen LogP contribution in [-0.2, 0) is 12.3 Å². The van der Waals surface area contributed by atoms with Crippen molar-refractivity contribution in [1.29, 1.82) is 0 Å². The number of benzene rings is 1. The zero-order valence-electron chi connectivity index (χ0n) is 14.4. The van der Waals surface area contributed by atoms with Crippen molar-refractivity contribution < 1.29 is 9.90 Å². The average Bonchev–Trinajstić information content (AvgIpc) is 3.09. The van der Waals surface area contributed by atoms with Gasteiger partial charge in [-0.05, 0) is 43.0 Å². The molecule has 2 aromatic heterocycles. The number of thioether (sulfide) groups is 2. The molecule has 0 amide bonds. The number of carboxylic acid groups (broad SMARTS) is 1. The van der Waals surface area contributed by atoms with Crippen molar-refractivity contribution in [1.82, 2.24) is 19.7 Å². The van der Waals surface area contributed by atoms with Crippen LogP contribution in [0.2, 0.25) is 0 Å². The van der Waals surface area contributed by atoms with Crippen molar-refractivity contribution in [2.45, 2.75) is 29.4 Å². The third-order valence-electron chi connectivity index (χ3n) is 3.81. The van der Waals surface area contributed by atoms with Crippen LogP contribution in [0.5, 0.6) is 0 Å². The van der Waals surface area contributed by atoms with Crippen LogP contribution >= 0.6 is 23.5 Å². The van der Waals surface area contributed by atoms with Gasteiger partial charge in [0.15, 0.2) is 11.0 Å². The van der Waals surface area contributed by atoms with Crippen LogP contribution in [-0.4, -0.2) is 37.1 Å². The highest BCUT2D eigenvalue weighted by atomic mass is 32.2. The quantitative estimate of drug-likeness (QED) is 0.613. The Morgan fingerprint density at radius 1 is 1.19 bits per heavy atom. The minimum absolute atomic E-state index is 0.291. The van der Waals surface area contributed by atoms with Gasteiger partial charge >= 0.3 is 5.97 Å². The summed E-state index contributed by atoms with van der Waals surface area (Å²) in [4.78, 5) is 15.3. The number of hydrogen-bond acceptors (Lipinski definition) is 6. The van der Waals surface area contributed by atoms with E-state index in [4.69, 9.17) is 5.11 Å². The normalized spacial score (nSPS) is 10.8. The molecule has 1 N–H and O–H groups in total. The molecule has 0 saturated heterocycles. The summed E-state index contributed by atoms with van der Waals surface area (Å²) in [5, 5.41) is 19.5. The molecule has 0 atom stereocenters. The summed E-state index contributed by atoms with van der Waals surface area (Å²) in [6, 6.07) is 10.8. The Morgan fingerprint density at radius 2 is 1.96 bits per heavy atom. The van der Waals surface area contributed by atoms with E-state index in [1.165, 1.54) is 0 Å². The highest BCUT2D eigenvalue weighted by Gasteiger charge is 2.16. The average molecular weight is 387 g/mol. The fourth-order valence-electron chi connectivity index (χ4n) is 2.49. The maximum Gasteiger partial charge on any atom is 0.335 e. The lowest BCUT2D eigenvalue weighted by Crippen LogP contribution is -2.01. The smallest absolute Gasteiger partial charge is 0.335 e. The Bertz CT molecular complexity index is 910. The maximum absolute atomic E-state index is 10.9. The van der Waals surface area contributed by atoms with Crippen LogP contribution in [0, 0.1) is 0 Å². The van der Waals surface area contributed by atoms with Crippen molar-refractivity contribution in [3.8, 4) is 11.4 Å². The van der Waals surface area contributed by atoms with Crippen LogP contribution in [0.15, 0.2) is 52.8 Å². The second kappa shape index (κ2) is 8.37. The zero-order chi connectivity index (χ0) is 18.5. The SMILES string of the molecule is CCn1c(SCc2ccc(C(=O)O)cc2)nnc1-c1cccnc1SC. The summed E-state index contributed by atoms with van der Waals surface area (Å²) < 4.78 is 2.08. The van der Waals surface area contributed by atoms with Crippen molar-refractivity contribution in [3.05, 3.63) is 53.7 Å². The number of nitrogens with zero attached hydrogens (tertiary/aromatic N) is 4. The molecule has 6 nitrogen and oxygen atoms in total. The van der Waals surface area contributed by atoms with Gasteiger partial charge in [-0.2, -0.15) is 0 Å². The number of aromatic carboxylic acids is 1. The van der Waals surface area contributed by atoms with E-state index < -0.39 is 5.97 Å². The molecule has 0 aliphatic heterocycles. The maximum atomic E-state index is 10.9. The lowest BCUT2D eigenvalue weighted by atomic mass is 10.1. The summed E-state index contributed by atoms with van der Waals surface area (Å²) in [6.07, 6.45) is 3.77. The molecule has 134 valence electrons. The van der Waals surface area contributed by atoms with Crippen molar-refractivity contribution >= 4 is 29.5 Å². The first-order valence-electron chi connectivity index (χ1n) is 8.01. The van der Waals surface area contributed by atoms with E-state index in [2.05, 4.69) is 26.7 Å². The van der Waals surface area contributed by atoms with Crippen LogP contribution in [0.25, 0.3) is 11.4 Å². The lowest BCUT2D eigenvalue weighted by molar-refractivity contribution is 0.0697. The third kappa shape index (κ3) is 3.91. The van der Waals surface area contributed by atoms with Gasteiger partial charge in [-0.15, -0.1) is 22.0 Å². The number of carbonyl (C=O) groups is 1. The summed E-state index contributed by atoms with van der Waals surface area (Å²) in [7, 11) is 0. The van der Waals surface area contributed by atoms with Crippen LogP contribution in [0.1, 0.15) is 22.8 Å². The van der Waals surface area contributed by atoms with Crippen LogP contribution in [0.4, 0.5) is 0 Å². The first-order chi connectivity index (χ1) is 12.6. The molecule has 0 fully saturated rings. The number of pyridine rings is 1. The van der Waals surface area contributed by atoms with E-state index in [1.807, 2.05) is 30.5 Å². The molecule has 2 heterocycles. The molecule has 0 saturated carbocycles. The lowest BCUT2D eigenvalue weighted by Gasteiger charge is -2.09. The van der Waals surface area contributed by atoms with Gasteiger partial charge in [0.2, 0.25) is 0 Å². The molecular weight excluding hydrogens is 368 g/mol. The minimum Gasteiger partial charge on any atom is -0.478 e. The van der Waals surface area contributed by atoms with Gasteiger partial charge in [-0.1, -0.05) is 23.9 Å². The highest BCUT2D eigenvalue weighted by Crippen LogP contribution is 2.30. The minimum atomic E-state index is -0.916. The Balaban J connectivity index is 1.81. The summed E-state index contributed by atoms with van der Waals surface area (Å²) in [5.74, 6) is 0.592. The molecule has 8 heteroatoms. The number of aromatic nitrogens is 4. The molecule has 1 aromatic carbocycles. The second-order valence-corrected chi connectivity index (χ2v) is 7.14. The Labute approximate surface area is 160 Å². The predicted octanol–water partition coefficient (Wildman–Crippen LogP) is 4.07. The van der Waals surface area contributed by atoms with Crippen molar-refractivity contribution in [2.24, 2.45) is 0 Å². The van der Waals surface area contributed by atoms with Gasteiger partial charge in [0.05, 0.1) is 11.1 Å². The standard InChI is InChI=1S/C18H18N4O2S2/c1-3-22-15(14-5-4-10-19-16(14)25-2)20-21-18(22)26-11-12-6-8-13(9-7-12)17(23)24/h4-10H,3,11H2,1-2H3,(H,23,24). The molecule has 26 heavy (non-hydrogen) atoms. The van der Waals surface area contributed by atoms with Gasteiger partial charge in [0, 0.05) is 18.5 Å². The Morgan fingerprint density at radius 3 is 2.62 bits per heavy atom. The molecule has 0 spiro atoms. The van der Waals surface area contributed by atoms with E-state index in [1.54, 1.807) is 41.9 Å². The zero-order valence-corrected chi connectivity index (χ0v) is 16.0. The molecule has 3 aromatic rings. The van der Waals surface area contributed by atoms with E-state index in [0.717, 1.165) is 33.7 Å². The predicted molar refractivity (Wildman–Crippen MR) is 104 cm³/mol. The van der Waals surface area contributed by atoms with E-state index in [0.29, 0.717) is 11.3 Å². The molecule has 0 bridgehead atoms. The van der Waals surface area contributed by atoms with E-state index in [-0.39, 0.29) is 0 Å². The molecule has 3 rings (SSSR count). The fraction of sp³-hybridized carbons (Fsp3) is 0.222. The molecule has 0 unspecified atom stereocenters. The van der Waals surface area contributed by atoms with Gasteiger partial charge in [0.25, 0.3) is 0 Å². The van der Waals surface area contributed by atoms with Gasteiger partial charge in [-0.25, -0.2) is 9.78 Å². The first kappa shape index (κ1) is 18.5. The highest BCUT2D eigenvalue weighted by molar-refractivity contribution is 7.98. The summed E-state index contributed by atoms with van der Waals surface area (Å²) in [6.45, 7) is 2.82. The van der Waals surface area contributed by atoms with Crippen LogP contribution in [0.3, 0.4) is 0 Å².